The minimum absolute atomic E-state index is 0.0386. The van der Waals surface area contributed by atoms with Gasteiger partial charge in [-0.05, 0) is 40.2 Å². The Hall–Kier alpha value is -1.75. The number of nitrogens with one attached hydrogen (secondary N) is 2. The van der Waals surface area contributed by atoms with Gasteiger partial charge in [0, 0.05) is 24.2 Å². The molecule has 1 aromatic carbocycles. The van der Waals surface area contributed by atoms with Gasteiger partial charge in [0.1, 0.15) is 11.4 Å². The van der Waals surface area contributed by atoms with E-state index >= 15 is 0 Å². The molecular formula is C17H28N2O3. The molecule has 0 aliphatic rings. The van der Waals surface area contributed by atoms with Crippen LogP contribution in [0.3, 0.4) is 0 Å². The molecule has 0 fully saturated rings. The van der Waals surface area contributed by atoms with Crippen molar-refractivity contribution in [2.24, 2.45) is 0 Å². The number of phenolic OH excluding ortho intramolecular Hbond substituents is 1. The molecular weight excluding hydrogens is 280 g/mol. The summed E-state index contributed by atoms with van der Waals surface area (Å²) < 4.78 is 5.21. The fourth-order valence-corrected chi connectivity index (χ4v) is 2.16. The summed E-state index contributed by atoms with van der Waals surface area (Å²) in [4.78, 5) is 11.6. The van der Waals surface area contributed by atoms with Crippen LogP contribution in [0, 0.1) is 0 Å². The summed E-state index contributed by atoms with van der Waals surface area (Å²) >= 11 is 0. The Bertz CT molecular complexity index is 483. The van der Waals surface area contributed by atoms with Gasteiger partial charge in [0.25, 0.3) is 0 Å². The second kappa shape index (κ2) is 8.03. The van der Waals surface area contributed by atoms with Crippen LogP contribution in [-0.2, 0) is 4.74 Å². The Morgan fingerprint density at radius 3 is 2.50 bits per heavy atom. The zero-order valence-electron chi connectivity index (χ0n) is 14.1. The number of alkyl carbamates (subject to hydrolysis) is 1. The van der Waals surface area contributed by atoms with Crippen molar-refractivity contribution in [3.8, 4) is 5.75 Å². The molecule has 1 aromatic rings. The first-order chi connectivity index (χ1) is 10.2. The van der Waals surface area contributed by atoms with Crippen LogP contribution in [0.25, 0.3) is 0 Å². The third-order valence-corrected chi connectivity index (χ3v) is 3.16. The number of hydrogen-bond donors (Lipinski definition) is 3. The molecule has 0 spiro atoms. The van der Waals surface area contributed by atoms with Gasteiger partial charge < -0.3 is 20.5 Å². The number of hydrogen-bond acceptors (Lipinski definition) is 4. The second-order valence-electron chi connectivity index (χ2n) is 6.47. The fraction of sp³-hybridized carbons (Fsp3) is 0.588. The third kappa shape index (κ3) is 6.35. The number of rotatable bonds is 6. The predicted molar refractivity (Wildman–Crippen MR) is 88.0 cm³/mol. The minimum Gasteiger partial charge on any atom is -0.508 e. The summed E-state index contributed by atoms with van der Waals surface area (Å²) in [5.41, 5.74) is 0.372. The standard InChI is InChI=1S/C17H28N2O3/c1-6-14(13-9-7-8-10-15(13)20)19-12(2)11-18-16(21)22-17(3,4)5/h7-10,12,14,19-20H,6,11H2,1-5H3,(H,18,21). The molecule has 1 amide bonds. The van der Waals surface area contributed by atoms with Gasteiger partial charge in [-0.15, -0.1) is 0 Å². The van der Waals surface area contributed by atoms with Crippen molar-refractivity contribution < 1.29 is 14.6 Å². The van der Waals surface area contributed by atoms with Crippen molar-refractivity contribution in [3.63, 3.8) is 0 Å². The van der Waals surface area contributed by atoms with Crippen molar-refractivity contribution in [1.82, 2.24) is 10.6 Å². The van der Waals surface area contributed by atoms with Crippen LogP contribution >= 0.6 is 0 Å². The van der Waals surface area contributed by atoms with E-state index in [0.29, 0.717) is 6.54 Å². The number of ether oxygens (including phenoxy) is 1. The molecule has 2 atom stereocenters. The summed E-state index contributed by atoms with van der Waals surface area (Å²) in [6.07, 6.45) is 0.422. The lowest BCUT2D eigenvalue weighted by atomic mass is 10.0. The monoisotopic (exact) mass is 308 g/mol. The van der Waals surface area contributed by atoms with Crippen molar-refractivity contribution in [1.29, 1.82) is 0 Å². The highest BCUT2D eigenvalue weighted by Crippen LogP contribution is 2.26. The Labute approximate surface area is 133 Å². The van der Waals surface area contributed by atoms with Gasteiger partial charge in [0.15, 0.2) is 0 Å². The maximum atomic E-state index is 11.6. The summed E-state index contributed by atoms with van der Waals surface area (Å²) in [7, 11) is 0. The van der Waals surface area contributed by atoms with Crippen molar-refractivity contribution in [2.75, 3.05) is 6.54 Å². The molecule has 0 saturated carbocycles. The van der Waals surface area contributed by atoms with Crippen LogP contribution in [0.5, 0.6) is 5.75 Å². The van der Waals surface area contributed by atoms with E-state index in [9.17, 15) is 9.90 Å². The molecule has 22 heavy (non-hydrogen) atoms. The van der Waals surface area contributed by atoms with Crippen LogP contribution < -0.4 is 10.6 Å². The van der Waals surface area contributed by atoms with Crippen LogP contribution in [0.2, 0.25) is 0 Å². The van der Waals surface area contributed by atoms with Crippen molar-refractivity contribution in [2.45, 2.75) is 58.7 Å². The Morgan fingerprint density at radius 1 is 1.32 bits per heavy atom. The lowest BCUT2D eigenvalue weighted by Gasteiger charge is -2.24. The van der Waals surface area contributed by atoms with Gasteiger partial charge in [0.2, 0.25) is 0 Å². The summed E-state index contributed by atoms with van der Waals surface area (Å²) in [6.45, 7) is 10.00. The van der Waals surface area contributed by atoms with Gasteiger partial charge in [-0.2, -0.15) is 0 Å². The first-order valence-electron chi connectivity index (χ1n) is 7.73. The third-order valence-electron chi connectivity index (χ3n) is 3.16. The molecule has 0 bridgehead atoms. The van der Waals surface area contributed by atoms with E-state index in [1.807, 2.05) is 39.8 Å². The molecule has 5 nitrogen and oxygen atoms in total. The molecule has 0 aromatic heterocycles. The SMILES string of the molecule is CCC(NC(C)CNC(=O)OC(C)(C)C)c1ccccc1O. The zero-order valence-corrected chi connectivity index (χ0v) is 14.1. The van der Waals surface area contributed by atoms with Crippen LogP contribution in [-0.4, -0.2) is 29.4 Å². The Balaban J connectivity index is 2.51. The normalized spacial score (nSPS) is 14.2. The maximum Gasteiger partial charge on any atom is 0.407 e. The topological polar surface area (TPSA) is 70.6 Å². The number of carbonyl (C=O) groups is 1. The lowest BCUT2D eigenvalue weighted by molar-refractivity contribution is 0.0522. The fourth-order valence-electron chi connectivity index (χ4n) is 2.16. The average molecular weight is 308 g/mol. The van der Waals surface area contributed by atoms with Gasteiger partial charge in [-0.1, -0.05) is 25.1 Å². The first kappa shape index (κ1) is 18.3. The van der Waals surface area contributed by atoms with E-state index in [1.54, 1.807) is 12.1 Å². The molecule has 0 radical (unpaired) electrons. The average Bonchev–Trinajstić information content (AvgIpc) is 2.41. The zero-order chi connectivity index (χ0) is 16.8. The van der Waals surface area contributed by atoms with E-state index in [2.05, 4.69) is 17.6 Å². The highest BCUT2D eigenvalue weighted by molar-refractivity contribution is 5.67. The molecule has 5 heteroatoms. The van der Waals surface area contributed by atoms with E-state index in [4.69, 9.17) is 4.74 Å². The van der Waals surface area contributed by atoms with E-state index < -0.39 is 11.7 Å². The van der Waals surface area contributed by atoms with E-state index in [0.717, 1.165) is 12.0 Å². The Kier molecular flexibility index (Phi) is 6.68. The molecule has 0 aliphatic carbocycles. The smallest absolute Gasteiger partial charge is 0.407 e. The molecule has 3 N–H and O–H groups in total. The number of aromatic hydroxyl groups is 1. The highest BCUT2D eigenvalue weighted by atomic mass is 16.6. The van der Waals surface area contributed by atoms with E-state index in [-0.39, 0.29) is 17.8 Å². The maximum absolute atomic E-state index is 11.6. The largest absolute Gasteiger partial charge is 0.508 e. The molecule has 0 aliphatic heterocycles. The summed E-state index contributed by atoms with van der Waals surface area (Å²) in [5.74, 6) is 0.286. The number of phenols is 1. The lowest BCUT2D eigenvalue weighted by Crippen LogP contribution is -2.42. The van der Waals surface area contributed by atoms with Crippen molar-refractivity contribution in [3.05, 3.63) is 29.8 Å². The van der Waals surface area contributed by atoms with Gasteiger partial charge in [-0.3, -0.25) is 0 Å². The van der Waals surface area contributed by atoms with Gasteiger partial charge in [-0.25, -0.2) is 4.79 Å². The van der Waals surface area contributed by atoms with Crippen LogP contribution in [0.1, 0.15) is 52.6 Å². The molecule has 0 saturated heterocycles. The highest BCUT2D eigenvalue weighted by Gasteiger charge is 2.18. The molecule has 1 rings (SSSR count). The number of para-hydroxylation sites is 1. The van der Waals surface area contributed by atoms with Crippen LogP contribution in [0.4, 0.5) is 4.79 Å². The second-order valence-corrected chi connectivity index (χ2v) is 6.47. The Morgan fingerprint density at radius 2 is 1.95 bits per heavy atom. The van der Waals surface area contributed by atoms with Gasteiger partial charge in [0.05, 0.1) is 0 Å². The molecule has 0 heterocycles. The predicted octanol–water partition coefficient (Wildman–Crippen LogP) is 3.35. The number of amides is 1. The van der Waals surface area contributed by atoms with Crippen LogP contribution in [0.15, 0.2) is 24.3 Å². The number of benzene rings is 1. The molecule has 124 valence electrons. The quantitative estimate of drug-likeness (QED) is 0.754. The summed E-state index contributed by atoms with van der Waals surface area (Å²) in [6, 6.07) is 7.39. The minimum atomic E-state index is -0.497. The first-order valence-corrected chi connectivity index (χ1v) is 7.73. The summed E-state index contributed by atoms with van der Waals surface area (Å²) in [5, 5.41) is 16.1. The van der Waals surface area contributed by atoms with E-state index in [1.165, 1.54) is 0 Å². The van der Waals surface area contributed by atoms with Gasteiger partial charge >= 0.3 is 6.09 Å². The van der Waals surface area contributed by atoms with Crippen molar-refractivity contribution >= 4 is 6.09 Å². The molecule has 2 unspecified atom stereocenters. The number of carbonyl (C=O) groups excluding carboxylic acids is 1.